The van der Waals surface area contributed by atoms with Crippen LogP contribution < -0.4 is 14.2 Å². The highest BCUT2D eigenvalue weighted by molar-refractivity contribution is 7.89. The highest BCUT2D eigenvalue weighted by atomic mass is 32.2. The van der Waals surface area contributed by atoms with Gasteiger partial charge in [0.05, 0.1) is 18.1 Å². The summed E-state index contributed by atoms with van der Waals surface area (Å²) in [6.07, 6.45) is 0. The molecule has 1 N–H and O–H groups in total. The molecule has 0 amide bonds. The van der Waals surface area contributed by atoms with E-state index in [2.05, 4.69) is 9.62 Å². The lowest BCUT2D eigenvalue weighted by molar-refractivity contribution is 0.0172. The van der Waals surface area contributed by atoms with Crippen molar-refractivity contribution >= 4 is 10.0 Å². The molecule has 29 heavy (non-hydrogen) atoms. The maximum absolute atomic E-state index is 13.4. The molecule has 0 spiro atoms. The van der Waals surface area contributed by atoms with Crippen LogP contribution in [0.25, 0.3) is 0 Å². The van der Waals surface area contributed by atoms with Gasteiger partial charge in [0.1, 0.15) is 19.0 Å². The quantitative estimate of drug-likeness (QED) is 0.767. The third-order valence-corrected chi connectivity index (χ3v) is 6.45. The summed E-state index contributed by atoms with van der Waals surface area (Å²) in [6.45, 7) is 3.48. The molecule has 1 saturated heterocycles. The van der Waals surface area contributed by atoms with Gasteiger partial charge in [-0.25, -0.2) is 17.5 Å². The number of benzene rings is 2. The molecule has 0 bridgehead atoms. The minimum atomic E-state index is -3.76. The summed E-state index contributed by atoms with van der Waals surface area (Å²) in [5.74, 6) is 0.626. The first-order valence-electron chi connectivity index (χ1n) is 9.49. The smallest absolute Gasteiger partial charge is 0.240 e. The van der Waals surface area contributed by atoms with Gasteiger partial charge in [0, 0.05) is 31.7 Å². The van der Waals surface area contributed by atoms with Crippen LogP contribution in [0.3, 0.4) is 0 Å². The van der Waals surface area contributed by atoms with Crippen LogP contribution in [0.4, 0.5) is 4.39 Å². The zero-order valence-corrected chi connectivity index (χ0v) is 16.7. The Morgan fingerprint density at radius 1 is 0.966 bits per heavy atom. The number of fused-ring (bicyclic) bond motifs is 1. The SMILES string of the molecule is O=S(=O)(NC[C@H](c1ccc(F)cc1)N1CCOCC1)c1ccc2c(c1)OCCO2. The molecule has 2 aromatic carbocycles. The number of nitrogens with zero attached hydrogens (tertiary/aromatic N) is 1. The van der Waals surface area contributed by atoms with Crippen LogP contribution in [0.1, 0.15) is 11.6 Å². The van der Waals surface area contributed by atoms with Gasteiger partial charge in [0.2, 0.25) is 10.0 Å². The Morgan fingerprint density at radius 3 is 2.38 bits per heavy atom. The fourth-order valence-electron chi connectivity index (χ4n) is 3.49. The molecule has 4 rings (SSSR count). The van der Waals surface area contributed by atoms with Gasteiger partial charge in [-0.05, 0) is 29.8 Å². The van der Waals surface area contributed by atoms with Gasteiger partial charge in [0.15, 0.2) is 11.5 Å². The number of hydrogen-bond donors (Lipinski definition) is 1. The topological polar surface area (TPSA) is 77.1 Å². The predicted octanol–water partition coefficient (Wildman–Crippen LogP) is 1.95. The number of sulfonamides is 1. The van der Waals surface area contributed by atoms with Gasteiger partial charge in [-0.1, -0.05) is 12.1 Å². The van der Waals surface area contributed by atoms with Crippen molar-refractivity contribution in [2.45, 2.75) is 10.9 Å². The van der Waals surface area contributed by atoms with Crippen molar-refractivity contribution in [1.82, 2.24) is 9.62 Å². The monoisotopic (exact) mass is 422 g/mol. The van der Waals surface area contributed by atoms with E-state index in [1.165, 1.54) is 24.3 Å². The lowest BCUT2D eigenvalue weighted by Crippen LogP contribution is -2.43. The van der Waals surface area contributed by atoms with Crippen LogP contribution in [-0.2, 0) is 14.8 Å². The van der Waals surface area contributed by atoms with E-state index in [-0.39, 0.29) is 23.3 Å². The second-order valence-electron chi connectivity index (χ2n) is 6.87. The summed E-state index contributed by atoms with van der Waals surface area (Å²) in [7, 11) is -3.76. The lowest BCUT2D eigenvalue weighted by Gasteiger charge is -2.35. The molecule has 2 heterocycles. The molecule has 1 atom stereocenters. The molecule has 0 aliphatic carbocycles. The first kappa shape index (κ1) is 20.1. The summed E-state index contributed by atoms with van der Waals surface area (Å²) >= 11 is 0. The average molecular weight is 422 g/mol. The first-order valence-corrected chi connectivity index (χ1v) is 11.0. The van der Waals surface area contributed by atoms with Gasteiger partial charge in [-0.15, -0.1) is 0 Å². The third kappa shape index (κ3) is 4.69. The number of morpholine rings is 1. The molecule has 156 valence electrons. The van der Waals surface area contributed by atoms with E-state index in [1.54, 1.807) is 18.2 Å². The Labute approximate surface area is 169 Å². The summed E-state index contributed by atoms with van der Waals surface area (Å²) < 4.78 is 58.2. The van der Waals surface area contributed by atoms with Crippen molar-refractivity contribution in [2.24, 2.45) is 0 Å². The van der Waals surface area contributed by atoms with Gasteiger partial charge < -0.3 is 14.2 Å². The second kappa shape index (κ2) is 8.66. The molecule has 0 unspecified atom stereocenters. The molecule has 1 fully saturated rings. The summed E-state index contributed by atoms with van der Waals surface area (Å²) in [5, 5.41) is 0. The summed E-state index contributed by atoms with van der Waals surface area (Å²) in [5.41, 5.74) is 0.846. The molecular formula is C20H23FN2O5S. The lowest BCUT2D eigenvalue weighted by atomic mass is 10.0. The van der Waals surface area contributed by atoms with Crippen LogP contribution in [-0.4, -0.2) is 59.4 Å². The zero-order chi connectivity index (χ0) is 20.3. The highest BCUT2D eigenvalue weighted by Crippen LogP contribution is 2.32. The second-order valence-corrected chi connectivity index (χ2v) is 8.64. The fourth-order valence-corrected chi connectivity index (χ4v) is 4.55. The van der Waals surface area contributed by atoms with Crippen molar-refractivity contribution in [3.63, 3.8) is 0 Å². The molecular weight excluding hydrogens is 399 g/mol. The highest BCUT2D eigenvalue weighted by Gasteiger charge is 2.26. The molecule has 2 aliphatic heterocycles. The van der Waals surface area contributed by atoms with E-state index >= 15 is 0 Å². The third-order valence-electron chi connectivity index (χ3n) is 5.03. The van der Waals surface area contributed by atoms with Gasteiger partial charge in [0.25, 0.3) is 0 Å². The Bertz CT molecular complexity index is 946. The van der Waals surface area contributed by atoms with Crippen molar-refractivity contribution in [3.8, 4) is 11.5 Å². The normalized spacial score (nSPS) is 18.4. The van der Waals surface area contributed by atoms with Gasteiger partial charge >= 0.3 is 0 Å². The van der Waals surface area contributed by atoms with Crippen LogP contribution in [0, 0.1) is 5.82 Å². The zero-order valence-electron chi connectivity index (χ0n) is 15.8. The van der Waals surface area contributed by atoms with E-state index in [1.807, 2.05) is 0 Å². The first-order chi connectivity index (χ1) is 14.0. The van der Waals surface area contributed by atoms with E-state index in [0.717, 1.165) is 5.56 Å². The van der Waals surface area contributed by atoms with Crippen LogP contribution >= 0.6 is 0 Å². The van der Waals surface area contributed by atoms with Crippen LogP contribution in [0.15, 0.2) is 47.4 Å². The van der Waals surface area contributed by atoms with E-state index < -0.39 is 10.0 Å². The van der Waals surface area contributed by atoms with Crippen LogP contribution in [0.5, 0.6) is 11.5 Å². The van der Waals surface area contributed by atoms with Crippen molar-refractivity contribution in [1.29, 1.82) is 0 Å². The molecule has 0 radical (unpaired) electrons. The standard InChI is InChI=1S/C20H23FN2O5S/c21-16-3-1-15(2-4-16)18(23-7-9-26-10-8-23)14-22-29(24,25)17-5-6-19-20(13-17)28-12-11-27-19/h1-6,13,18,22H,7-12,14H2/t18-/m1/s1. The van der Waals surface area contributed by atoms with Crippen molar-refractivity contribution in [3.05, 3.63) is 53.8 Å². The minimum absolute atomic E-state index is 0.113. The Morgan fingerprint density at radius 2 is 1.66 bits per heavy atom. The molecule has 0 aromatic heterocycles. The molecule has 7 nitrogen and oxygen atoms in total. The minimum Gasteiger partial charge on any atom is -0.486 e. The maximum Gasteiger partial charge on any atom is 0.240 e. The van der Waals surface area contributed by atoms with Crippen LogP contribution in [0.2, 0.25) is 0 Å². The molecule has 0 saturated carbocycles. The number of nitrogens with one attached hydrogen (secondary N) is 1. The predicted molar refractivity (Wildman–Crippen MR) is 104 cm³/mol. The summed E-state index contributed by atoms with van der Waals surface area (Å²) in [6, 6.07) is 10.5. The number of halogens is 1. The Balaban J connectivity index is 1.53. The molecule has 2 aliphatic rings. The number of ether oxygens (including phenoxy) is 3. The Kier molecular flexibility index (Phi) is 6.00. The van der Waals surface area contributed by atoms with Crippen molar-refractivity contribution < 1.29 is 27.0 Å². The van der Waals surface area contributed by atoms with Gasteiger partial charge in [-0.2, -0.15) is 0 Å². The number of rotatable bonds is 6. The fraction of sp³-hybridized carbons (Fsp3) is 0.400. The largest absolute Gasteiger partial charge is 0.486 e. The average Bonchev–Trinajstić information content (AvgIpc) is 2.75. The maximum atomic E-state index is 13.4. The van der Waals surface area contributed by atoms with E-state index in [4.69, 9.17) is 14.2 Å². The van der Waals surface area contributed by atoms with Crippen molar-refractivity contribution in [2.75, 3.05) is 46.1 Å². The Hall–Kier alpha value is -2.20. The summed E-state index contributed by atoms with van der Waals surface area (Å²) in [4.78, 5) is 2.25. The molecule has 2 aromatic rings. The van der Waals surface area contributed by atoms with Gasteiger partial charge in [-0.3, -0.25) is 4.90 Å². The number of hydrogen-bond acceptors (Lipinski definition) is 6. The van der Waals surface area contributed by atoms with E-state index in [0.29, 0.717) is 51.0 Å². The molecule has 9 heteroatoms. The van der Waals surface area contributed by atoms with E-state index in [9.17, 15) is 12.8 Å².